The molecule has 1 amide bonds. The number of carbonyl (C=O) groups excluding carboxylic acids is 1. The fraction of sp³-hybridized carbons (Fsp3) is 0.667. The largest absolute Gasteiger partial charge is 0.382 e. The topological polar surface area (TPSA) is 67.2 Å². The molecular formula is C21H31N3OS. The van der Waals surface area contributed by atoms with Crippen molar-refractivity contribution in [2.75, 3.05) is 18.4 Å². The van der Waals surface area contributed by atoms with Crippen molar-refractivity contribution in [3.63, 3.8) is 0 Å². The number of benzene rings is 1. The second-order valence-corrected chi connectivity index (χ2v) is 9.99. The van der Waals surface area contributed by atoms with Gasteiger partial charge in [0.2, 0.25) is 5.91 Å². The highest BCUT2D eigenvalue weighted by Crippen LogP contribution is 2.56. The van der Waals surface area contributed by atoms with E-state index in [2.05, 4.69) is 34.9 Å². The van der Waals surface area contributed by atoms with Crippen molar-refractivity contribution in [1.29, 1.82) is 0 Å². The normalized spacial score (nSPS) is 28.5. The molecule has 1 saturated heterocycles. The SMILES string of the molecule is NC(=O)C1(Sc2ccc(NC3CCCC3)cc2)CCC2(CCNCC2)C1. The van der Waals surface area contributed by atoms with E-state index in [4.69, 9.17) is 5.73 Å². The molecule has 26 heavy (non-hydrogen) atoms. The van der Waals surface area contributed by atoms with Crippen LogP contribution in [0.5, 0.6) is 0 Å². The second-order valence-electron chi connectivity index (χ2n) is 8.54. The van der Waals surface area contributed by atoms with E-state index in [1.54, 1.807) is 11.8 Å². The van der Waals surface area contributed by atoms with Gasteiger partial charge in [-0.15, -0.1) is 11.8 Å². The number of primary amides is 1. The molecule has 2 saturated carbocycles. The summed E-state index contributed by atoms with van der Waals surface area (Å²) in [6.07, 6.45) is 10.6. The molecule has 3 aliphatic rings. The van der Waals surface area contributed by atoms with Gasteiger partial charge < -0.3 is 16.4 Å². The van der Waals surface area contributed by atoms with Crippen LogP contribution >= 0.6 is 11.8 Å². The van der Waals surface area contributed by atoms with Crippen LogP contribution in [-0.2, 0) is 4.79 Å². The first-order valence-corrected chi connectivity index (χ1v) is 11.0. The molecule has 0 aromatic heterocycles. The van der Waals surface area contributed by atoms with E-state index in [-0.39, 0.29) is 5.91 Å². The summed E-state index contributed by atoms with van der Waals surface area (Å²) in [5.41, 5.74) is 7.43. The first-order chi connectivity index (χ1) is 12.6. The van der Waals surface area contributed by atoms with Crippen LogP contribution < -0.4 is 16.4 Å². The summed E-state index contributed by atoms with van der Waals surface area (Å²) >= 11 is 1.70. The van der Waals surface area contributed by atoms with Crippen LogP contribution in [0.1, 0.15) is 57.8 Å². The summed E-state index contributed by atoms with van der Waals surface area (Å²) in [6, 6.07) is 9.25. The molecule has 0 radical (unpaired) electrons. The number of carbonyl (C=O) groups is 1. The van der Waals surface area contributed by atoms with Crippen molar-refractivity contribution in [3.8, 4) is 0 Å². The highest BCUT2D eigenvalue weighted by atomic mass is 32.2. The molecule has 4 nitrogen and oxygen atoms in total. The minimum atomic E-state index is -0.433. The van der Waals surface area contributed by atoms with Crippen molar-refractivity contribution in [3.05, 3.63) is 24.3 Å². The molecule has 1 spiro atoms. The second kappa shape index (κ2) is 7.43. The predicted octanol–water partition coefficient (Wildman–Crippen LogP) is 3.91. The van der Waals surface area contributed by atoms with Crippen molar-refractivity contribution in [2.24, 2.45) is 11.1 Å². The van der Waals surface area contributed by atoms with Crippen molar-refractivity contribution in [1.82, 2.24) is 5.32 Å². The van der Waals surface area contributed by atoms with E-state index in [1.807, 2.05) is 0 Å². The van der Waals surface area contributed by atoms with Crippen LogP contribution in [0.2, 0.25) is 0 Å². The zero-order chi connectivity index (χ0) is 18.0. The Morgan fingerprint density at radius 1 is 1.08 bits per heavy atom. The lowest BCUT2D eigenvalue weighted by atomic mass is 9.77. The Hall–Kier alpha value is -1.20. The number of thioether (sulfide) groups is 1. The molecular weight excluding hydrogens is 342 g/mol. The van der Waals surface area contributed by atoms with E-state index in [9.17, 15) is 4.79 Å². The molecule has 4 N–H and O–H groups in total. The highest BCUT2D eigenvalue weighted by molar-refractivity contribution is 8.01. The number of hydrogen-bond acceptors (Lipinski definition) is 4. The number of rotatable bonds is 5. The number of piperidine rings is 1. The molecule has 0 bridgehead atoms. The Morgan fingerprint density at radius 3 is 2.42 bits per heavy atom. The van der Waals surface area contributed by atoms with Gasteiger partial charge in [0.1, 0.15) is 0 Å². The summed E-state index contributed by atoms with van der Waals surface area (Å²) < 4.78 is -0.433. The Morgan fingerprint density at radius 2 is 1.77 bits per heavy atom. The maximum absolute atomic E-state index is 12.4. The predicted molar refractivity (Wildman–Crippen MR) is 108 cm³/mol. The third-order valence-electron chi connectivity index (χ3n) is 6.73. The summed E-state index contributed by atoms with van der Waals surface area (Å²) in [5, 5.41) is 7.08. The fourth-order valence-electron chi connectivity index (χ4n) is 5.13. The number of nitrogens with one attached hydrogen (secondary N) is 2. The van der Waals surface area contributed by atoms with E-state index >= 15 is 0 Å². The van der Waals surface area contributed by atoms with Gasteiger partial charge in [-0.05, 0) is 87.7 Å². The van der Waals surface area contributed by atoms with Crippen molar-refractivity contribution < 1.29 is 4.79 Å². The number of nitrogens with two attached hydrogens (primary N) is 1. The molecule has 1 atom stereocenters. The molecule has 2 aliphatic carbocycles. The molecule has 1 aromatic rings. The lowest BCUT2D eigenvalue weighted by Gasteiger charge is -2.36. The minimum Gasteiger partial charge on any atom is -0.382 e. The molecule has 4 rings (SSSR count). The maximum atomic E-state index is 12.4. The molecule has 1 unspecified atom stereocenters. The van der Waals surface area contributed by atoms with Crippen LogP contribution in [0.3, 0.4) is 0 Å². The minimum absolute atomic E-state index is 0.133. The summed E-state index contributed by atoms with van der Waals surface area (Å²) in [4.78, 5) is 13.6. The number of anilines is 1. The number of hydrogen-bond donors (Lipinski definition) is 3. The highest BCUT2D eigenvalue weighted by Gasteiger charge is 2.52. The van der Waals surface area contributed by atoms with E-state index in [1.165, 1.54) is 44.2 Å². The van der Waals surface area contributed by atoms with E-state index in [0.717, 1.165) is 37.2 Å². The molecule has 1 heterocycles. The Kier molecular flexibility index (Phi) is 5.20. The molecule has 5 heteroatoms. The third kappa shape index (κ3) is 3.74. The van der Waals surface area contributed by atoms with Crippen LogP contribution in [0, 0.1) is 5.41 Å². The third-order valence-corrected chi connectivity index (χ3v) is 8.17. The van der Waals surface area contributed by atoms with Crippen LogP contribution in [-0.4, -0.2) is 29.8 Å². The van der Waals surface area contributed by atoms with Gasteiger partial charge >= 0.3 is 0 Å². The lowest BCUT2D eigenvalue weighted by molar-refractivity contribution is -0.120. The Labute approximate surface area is 161 Å². The van der Waals surface area contributed by atoms with Gasteiger partial charge in [0, 0.05) is 16.6 Å². The van der Waals surface area contributed by atoms with Gasteiger partial charge in [0.25, 0.3) is 0 Å². The molecule has 142 valence electrons. The van der Waals surface area contributed by atoms with Gasteiger partial charge in [-0.25, -0.2) is 0 Å². The smallest absolute Gasteiger partial charge is 0.234 e. The van der Waals surface area contributed by atoms with Gasteiger partial charge in [-0.2, -0.15) is 0 Å². The van der Waals surface area contributed by atoms with Crippen molar-refractivity contribution >= 4 is 23.4 Å². The fourth-order valence-corrected chi connectivity index (χ4v) is 6.54. The van der Waals surface area contributed by atoms with E-state index < -0.39 is 4.75 Å². The quantitative estimate of drug-likeness (QED) is 0.732. The lowest BCUT2D eigenvalue weighted by Crippen LogP contribution is -2.42. The average Bonchev–Trinajstić information content (AvgIpc) is 3.27. The van der Waals surface area contributed by atoms with E-state index in [0.29, 0.717) is 11.5 Å². The van der Waals surface area contributed by atoms with Crippen molar-refractivity contribution in [2.45, 2.75) is 73.5 Å². The van der Waals surface area contributed by atoms with Crippen LogP contribution in [0.4, 0.5) is 5.69 Å². The van der Waals surface area contributed by atoms with Gasteiger partial charge in [0.15, 0.2) is 0 Å². The standard InChI is InChI=1S/C21H31N3OS/c22-19(25)21(10-9-20(15-21)11-13-23-14-12-20)26-18-7-5-17(6-8-18)24-16-3-1-2-4-16/h5-8,16,23-24H,1-4,9-15H2,(H2,22,25). The van der Waals surface area contributed by atoms with Gasteiger partial charge in [0.05, 0.1) is 4.75 Å². The van der Waals surface area contributed by atoms with Crippen LogP contribution in [0.15, 0.2) is 29.2 Å². The average molecular weight is 374 g/mol. The molecule has 3 fully saturated rings. The monoisotopic (exact) mass is 373 g/mol. The zero-order valence-electron chi connectivity index (χ0n) is 15.6. The first-order valence-electron chi connectivity index (χ1n) is 10.2. The summed E-state index contributed by atoms with van der Waals surface area (Å²) in [6.45, 7) is 2.14. The Balaban J connectivity index is 1.44. The Bertz CT molecular complexity index is 635. The van der Waals surface area contributed by atoms with Gasteiger partial charge in [-0.3, -0.25) is 4.79 Å². The summed E-state index contributed by atoms with van der Waals surface area (Å²) in [7, 11) is 0. The van der Waals surface area contributed by atoms with Crippen LogP contribution in [0.25, 0.3) is 0 Å². The zero-order valence-corrected chi connectivity index (χ0v) is 16.4. The molecule has 1 aliphatic heterocycles. The maximum Gasteiger partial charge on any atom is 0.234 e. The number of amides is 1. The first kappa shape index (κ1) is 18.2. The van der Waals surface area contributed by atoms with Gasteiger partial charge in [-0.1, -0.05) is 12.8 Å². The molecule has 1 aromatic carbocycles. The summed E-state index contributed by atoms with van der Waals surface area (Å²) in [5.74, 6) is -0.133.